The fraction of sp³-hybridized carbons (Fsp3) is 0.250. The van der Waals surface area contributed by atoms with Gasteiger partial charge in [-0.15, -0.1) is 5.10 Å². The summed E-state index contributed by atoms with van der Waals surface area (Å²) in [6.45, 7) is 2.27. The molecule has 4 aromatic carbocycles. The molecule has 0 bridgehead atoms. The molecule has 0 unspecified atom stereocenters. The summed E-state index contributed by atoms with van der Waals surface area (Å²) in [6, 6.07) is 30.6. The molecule has 0 saturated carbocycles. The molecule has 5 aromatic rings. The van der Waals surface area contributed by atoms with E-state index < -0.39 is 6.29 Å². The molecule has 11 heteroatoms. The molecule has 47 heavy (non-hydrogen) atoms. The molecule has 1 aromatic heterocycles. The molecule has 10 nitrogen and oxygen atoms in total. The zero-order chi connectivity index (χ0) is 32.5. The molecule has 0 spiro atoms. The molecule has 7 rings (SSSR count). The second-order valence-electron chi connectivity index (χ2n) is 11.7. The third kappa shape index (κ3) is 6.10. The summed E-state index contributed by atoms with van der Waals surface area (Å²) in [7, 11) is 1.81. The molecular weight excluding hydrogens is 614 g/mol. The summed E-state index contributed by atoms with van der Waals surface area (Å²) in [5.41, 5.74) is 6.35. The molecule has 1 saturated heterocycles. The molecule has 4 atom stereocenters. The number of hydrogen-bond donors (Lipinski definition) is 1. The molecule has 0 aliphatic carbocycles. The van der Waals surface area contributed by atoms with Crippen molar-refractivity contribution in [3.8, 4) is 11.1 Å². The first-order valence-corrected chi connectivity index (χ1v) is 16.4. The standard InChI is InChI=1S/C36H33N5O5S/c1-22-31(21-47-36-37-38-39-40(36)2)45-35(46-32(22)25-13-11-23(20-42)12-14-25)26-17-15-24(16-18-26)28-8-4-3-7-27(28)19-41-33(43)29-9-5-6-10-30(29)34(41)44/h3-18,22,31-32,35,42H,19-21H2,1-2H3/t22-,31+,32+,35+/m1/s1. The second kappa shape index (κ2) is 13.2. The zero-order valence-electron chi connectivity index (χ0n) is 25.9. The molecular formula is C36H33N5O5S. The Morgan fingerprint density at radius 2 is 1.45 bits per heavy atom. The molecule has 238 valence electrons. The van der Waals surface area contributed by atoms with Gasteiger partial charge in [0.1, 0.15) is 0 Å². The van der Waals surface area contributed by atoms with Crippen LogP contribution >= 0.6 is 11.8 Å². The van der Waals surface area contributed by atoms with Crippen molar-refractivity contribution in [1.82, 2.24) is 25.1 Å². The summed E-state index contributed by atoms with van der Waals surface area (Å²) in [4.78, 5) is 27.5. The highest BCUT2D eigenvalue weighted by molar-refractivity contribution is 7.99. The van der Waals surface area contributed by atoms with Gasteiger partial charge < -0.3 is 14.6 Å². The number of benzene rings is 4. The Balaban J connectivity index is 1.13. The van der Waals surface area contributed by atoms with Gasteiger partial charge in [0.15, 0.2) is 6.29 Å². The largest absolute Gasteiger partial charge is 0.392 e. The lowest BCUT2D eigenvalue weighted by atomic mass is 9.91. The fourth-order valence-corrected chi connectivity index (χ4v) is 7.14. The Morgan fingerprint density at radius 1 is 0.809 bits per heavy atom. The first kappa shape index (κ1) is 30.9. The highest BCUT2D eigenvalue weighted by Gasteiger charge is 2.39. The summed E-state index contributed by atoms with van der Waals surface area (Å²) < 4.78 is 14.9. The van der Waals surface area contributed by atoms with Crippen molar-refractivity contribution in [2.24, 2.45) is 13.0 Å². The van der Waals surface area contributed by atoms with Crippen LogP contribution in [0.3, 0.4) is 0 Å². The van der Waals surface area contributed by atoms with Crippen LogP contribution in [-0.4, -0.2) is 53.9 Å². The van der Waals surface area contributed by atoms with E-state index >= 15 is 0 Å². The minimum Gasteiger partial charge on any atom is -0.392 e. The normalized spacial score (nSPS) is 20.9. The number of ether oxygens (including phenoxy) is 2. The maximum absolute atomic E-state index is 13.1. The Bertz CT molecular complexity index is 1880. The van der Waals surface area contributed by atoms with Crippen molar-refractivity contribution in [3.05, 3.63) is 130 Å². The molecule has 1 fully saturated rings. The van der Waals surface area contributed by atoms with Crippen LogP contribution in [0.1, 0.15) is 62.3 Å². The van der Waals surface area contributed by atoms with Gasteiger partial charge in [0.25, 0.3) is 11.8 Å². The van der Waals surface area contributed by atoms with E-state index in [-0.39, 0.29) is 43.1 Å². The number of carbonyl (C=O) groups is 2. The van der Waals surface area contributed by atoms with Crippen LogP contribution in [0.5, 0.6) is 0 Å². The van der Waals surface area contributed by atoms with Gasteiger partial charge in [0.05, 0.1) is 36.5 Å². The highest BCUT2D eigenvalue weighted by Crippen LogP contribution is 2.43. The molecule has 2 aliphatic heterocycles. The van der Waals surface area contributed by atoms with E-state index in [0.29, 0.717) is 22.0 Å². The third-order valence-electron chi connectivity index (χ3n) is 8.80. The van der Waals surface area contributed by atoms with Crippen LogP contribution in [0, 0.1) is 5.92 Å². The Kier molecular flexibility index (Phi) is 8.70. The van der Waals surface area contributed by atoms with E-state index in [4.69, 9.17) is 9.47 Å². The SMILES string of the molecule is C[C@@H]1[C@H](CSc2nnnn2C)O[C@H](c2ccc(-c3ccccc3CN3C(=O)c4ccccc4C3=O)cc2)O[C@@H]1c1ccc(CO)cc1. The number of aliphatic hydroxyl groups is 1. The van der Waals surface area contributed by atoms with Gasteiger partial charge in [0, 0.05) is 24.3 Å². The number of rotatable bonds is 9. The van der Waals surface area contributed by atoms with E-state index in [0.717, 1.165) is 33.4 Å². The fourth-order valence-electron chi connectivity index (χ4n) is 6.12. The maximum atomic E-state index is 13.1. The number of aryl methyl sites for hydroxylation is 1. The van der Waals surface area contributed by atoms with Crippen molar-refractivity contribution in [3.63, 3.8) is 0 Å². The number of nitrogens with zero attached hydrogens (tertiary/aromatic N) is 5. The lowest BCUT2D eigenvalue weighted by molar-refractivity contribution is -0.268. The van der Waals surface area contributed by atoms with Crippen molar-refractivity contribution in [2.75, 3.05) is 5.75 Å². The number of aliphatic hydroxyl groups excluding tert-OH is 1. The monoisotopic (exact) mass is 647 g/mol. The number of thioether (sulfide) groups is 1. The predicted octanol–water partition coefficient (Wildman–Crippen LogP) is 5.75. The third-order valence-corrected chi connectivity index (χ3v) is 9.90. The number of amides is 2. The van der Waals surface area contributed by atoms with Crippen LogP contribution in [-0.2, 0) is 29.7 Å². The number of carbonyl (C=O) groups excluding carboxylic acids is 2. The van der Waals surface area contributed by atoms with Crippen LogP contribution in [0.2, 0.25) is 0 Å². The van der Waals surface area contributed by atoms with Gasteiger partial charge in [0.2, 0.25) is 5.16 Å². The van der Waals surface area contributed by atoms with Crippen LogP contribution < -0.4 is 0 Å². The quantitative estimate of drug-likeness (QED) is 0.158. The summed E-state index contributed by atoms with van der Waals surface area (Å²) in [5.74, 6) is 0.0952. The Labute approximate surface area is 276 Å². The molecule has 0 radical (unpaired) electrons. The first-order valence-electron chi connectivity index (χ1n) is 15.4. The lowest BCUT2D eigenvalue weighted by Crippen LogP contribution is -2.38. The number of tetrazole rings is 1. The molecule has 2 amide bonds. The summed E-state index contributed by atoms with van der Waals surface area (Å²) in [5, 5.41) is 22.1. The Morgan fingerprint density at radius 3 is 2.09 bits per heavy atom. The average molecular weight is 648 g/mol. The molecule has 3 heterocycles. The topological polar surface area (TPSA) is 120 Å². The number of imide groups is 1. The van der Waals surface area contributed by atoms with E-state index in [9.17, 15) is 14.7 Å². The van der Waals surface area contributed by atoms with E-state index in [1.54, 1.807) is 28.9 Å². The molecule has 2 aliphatic rings. The van der Waals surface area contributed by atoms with Crippen molar-refractivity contribution < 1.29 is 24.2 Å². The van der Waals surface area contributed by atoms with Crippen LogP contribution in [0.4, 0.5) is 0 Å². The second-order valence-corrected chi connectivity index (χ2v) is 12.7. The van der Waals surface area contributed by atoms with E-state index in [1.807, 2.05) is 79.8 Å². The van der Waals surface area contributed by atoms with Gasteiger partial charge in [-0.2, -0.15) is 0 Å². The maximum Gasteiger partial charge on any atom is 0.261 e. The minimum absolute atomic E-state index is 0.0215. The van der Waals surface area contributed by atoms with Gasteiger partial charge in [-0.25, -0.2) is 4.68 Å². The minimum atomic E-state index is -0.625. The number of hydrogen-bond acceptors (Lipinski definition) is 9. The van der Waals surface area contributed by atoms with Gasteiger partial charge in [-0.05, 0) is 50.4 Å². The van der Waals surface area contributed by atoms with Crippen molar-refractivity contribution in [1.29, 1.82) is 0 Å². The highest BCUT2D eigenvalue weighted by atomic mass is 32.2. The van der Waals surface area contributed by atoms with E-state index in [1.165, 1.54) is 16.7 Å². The average Bonchev–Trinajstić information content (AvgIpc) is 3.63. The van der Waals surface area contributed by atoms with Gasteiger partial charge in [-0.1, -0.05) is 104 Å². The first-order chi connectivity index (χ1) is 22.9. The van der Waals surface area contributed by atoms with Crippen molar-refractivity contribution >= 4 is 23.6 Å². The summed E-state index contributed by atoms with van der Waals surface area (Å²) in [6.07, 6.45) is -1.04. The van der Waals surface area contributed by atoms with Gasteiger partial charge >= 0.3 is 0 Å². The zero-order valence-corrected chi connectivity index (χ0v) is 26.7. The smallest absolute Gasteiger partial charge is 0.261 e. The number of aromatic nitrogens is 4. The van der Waals surface area contributed by atoms with Gasteiger partial charge in [-0.3, -0.25) is 14.5 Å². The van der Waals surface area contributed by atoms with Crippen LogP contribution in [0.25, 0.3) is 11.1 Å². The number of fused-ring (bicyclic) bond motifs is 1. The van der Waals surface area contributed by atoms with Crippen LogP contribution in [0.15, 0.2) is 102 Å². The van der Waals surface area contributed by atoms with E-state index in [2.05, 4.69) is 22.4 Å². The Hall–Kier alpha value is -4.68. The predicted molar refractivity (Wildman–Crippen MR) is 175 cm³/mol. The van der Waals surface area contributed by atoms with Crippen molar-refractivity contribution in [2.45, 2.75) is 43.7 Å². The summed E-state index contributed by atoms with van der Waals surface area (Å²) >= 11 is 1.54. The lowest BCUT2D eigenvalue weighted by Gasteiger charge is -2.41. The molecule has 1 N–H and O–H groups in total.